The number of ether oxygens (including phenoxy) is 1. The average Bonchev–Trinajstić information content (AvgIpc) is 2.00. The Bertz CT molecular complexity index is 183. The van der Waals surface area contributed by atoms with E-state index in [-0.39, 0.29) is 6.09 Å². The van der Waals surface area contributed by atoms with Crippen LogP contribution in [-0.2, 0) is 4.74 Å². The zero-order valence-electron chi connectivity index (χ0n) is 8.25. The van der Waals surface area contributed by atoms with Crippen LogP contribution in [0.25, 0.3) is 0 Å². The summed E-state index contributed by atoms with van der Waals surface area (Å²) < 4.78 is 4.96. The molecule has 1 amide bonds. The summed E-state index contributed by atoms with van der Waals surface area (Å²) in [5, 5.41) is 9.35. The molecule has 4 heteroatoms. The minimum absolute atomic E-state index is 0.306. The number of unbranched alkanes of at least 4 members (excludes halogenated alkanes) is 1. The van der Waals surface area contributed by atoms with Crippen LogP contribution in [0.15, 0.2) is 0 Å². The summed E-state index contributed by atoms with van der Waals surface area (Å²) in [5.41, 5.74) is -0.705. The van der Waals surface area contributed by atoms with Gasteiger partial charge in [-0.15, -0.1) is 0 Å². The number of amides is 1. The fraction of sp³-hybridized carbons (Fsp3) is 0.889. The normalized spacial score (nSPS) is 19.5. The third-order valence-corrected chi connectivity index (χ3v) is 2.04. The number of carbonyl (C=O) groups excluding carboxylic acids is 1. The molecule has 0 aliphatic carbocycles. The number of nitrogens with zero attached hydrogens (tertiary/aromatic N) is 1. The van der Waals surface area contributed by atoms with Gasteiger partial charge in [-0.25, -0.2) is 4.79 Å². The molecule has 1 aliphatic heterocycles. The number of rotatable bonds is 3. The van der Waals surface area contributed by atoms with Gasteiger partial charge in [-0.2, -0.15) is 0 Å². The van der Waals surface area contributed by atoms with Crippen molar-refractivity contribution in [2.24, 2.45) is 0 Å². The number of hydrogen-bond donors (Lipinski definition) is 1. The topological polar surface area (TPSA) is 49.8 Å². The van der Waals surface area contributed by atoms with Crippen molar-refractivity contribution in [3.8, 4) is 0 Å². The van der Waals surface area contributed by atoms with Crippen LogP contribution in [0.2, 0.25) is 0 Å². The summed E-state index contributed by atoms with van der Waals surface area (Å²) in [6, 6.07) is 0. The summed E-state index contributed by atoms with van der Waals surface area (Å²) >= 11 is 0. The molecule has 4 nitrogen and oxygen atoms in total. The molecule has 13 heavy (non-hydrogen) atoms. The first kappa shape index (κ1) is 10.3. The highest BCUT2D eigenvalue weighted by atomic mass is 16.6. The van der Waals surface area contributed by atoms with Gasteiger partial charge in [-0.3, -0.25) is 0 Å². The second kappa shape index (κ2) is 3.96. The molecule has 0 aromatic heterocycles. The molecule has 1 heterocycles. The first-order chi connectivity index (χ1) is 6.05. The van der Waals surface area contributed by atoms with Crippen molar-refractivity contribution in [1.82, 2.24) is 4.90 Å². The molecule has 76 valence electrons. The van der Waals surface area contributed by atoms with E-state index in [4.69, 9.17) is 4.74 Å². The molecule has 1 N–H and O–H groups in total. The summed E-state index contributed by atoms with van der Waals surface area (Å²) in [5.74, 6) is 0. The van der Waals surface area contributed by atoms with Crippen LogP contribution in [-0.4, -0.2) is 41.4 Å². The Morgan fingerprint density at radius 1 is 1.62 bits per heavy atom. The summed E-state index contributed by atoms with van der Waals surface area (Å²) in [4.78, 5) is 12.7. The first-order valence-electron chi connectivity index (χ1n) is 4.69. The van der Waals surface area contributed by atoms with Gasteiger partial charge in [0.05, 0.1) is 25.3 Å². The molecule has 0 radical (unpaired) electrons. The molecule has 0 spiro atoms. The van der Waals surface area contributed by atoms with Crippen molar-refractivity contribution in [3.63, 3.8) is 0 Å². The van der Waals surface area contributed by atoms with E-state index in [2.05, 4.69) is 0 Å². The van der Waals surface area contributed by atoms with Crippen molar-refractivity contribution in [3.05, 3.63) is 0 Å². The number of β-amino-alcohol motifs (C(OH)–C–C–N with tert-alkyl or cyclic N) is 1. The van der Waals surface area contributed by atoms with E-state index in [9.17, 15) is 9.90 Å². The largest absolute Gasteiger partial charge is 0.449 e. The van der Waals surface area contributed by atoms with Crippen LogP contribution in [0.4, 0.5) is 4.79 Å². The average molecular weight is 187 g/mol. The van der Waals surface area contributed by atoms with E-state index >= 15 is 0 Å². The van der Waals surface area contributed by atoms with Crippen molar-refractivity contribution >= 4 is 6.09 Å². The van der Waals surface area contributed by atoms with Crippen LogP contribution >= 0.6 is 0 Å². The van der Waals surface area contributed by atoms with Gasteiger partial charge in [-0.1, -0.05) is 13.3 Å². The standard InChI is InChI=1S/C9H17NO3/c1-3-4-5-13-8(11)10-6-9(2,12)7-10/h12H,3-7H2,1-2H3. The van der Waals surface area contributed by atoms with Gasteiger partial charge in [0.2, 0.25) is 0 Å². The fourth-order valence-corrected chi connectivity index (χ4v) is 1.30. The van der Waals surface area contributed by atoms with Gasteiger partial charge < -0.3 is 14.7 Å². The Kier molecular flexibility index (Phi) is 3.14. The Morgan fingerprint density at radius 3 is 2.69 bits per heavy atom. The molecule has 1 fully saturated rings. The monoisotopic (exact) mass is 187 g/mol. The molecule has 0 unspecified atom stereocenters. The predicted octanol–water partition coefficient (Wildman–Crippen LogP) is 0.990. The zero-order valence-corrected chi connectivity index (χ0v) is 8.25. The number of aliphatic hydroxyl groups is 1. The van der Waals surface area contributed by atoms with Crippen molar-refractivity contribution in [2.75, 3.05) is 19.7 Å². The highest BCUT2D eigenvalue weighted by Gasteiger charge is 2.40. The number of carbonyl (C=O) groups is 1. The maximum Gasteiger partial charge on any atom is 0.409 e. The van der Waals surface area contributed by atoms with Crippen molar-refractivity contribution in [1.29, 1.82) is 0 Å². The van der Waals surface area contributed by atoms with E-state index in [1.807, 2.05) is 6.92 Å². The first-order valence-corrected chi connectivity index (χ1v) is 4.69. The Balaban J connectivity index is 2.12. The Morgan fingerprint density at radius 2 is 2.23 bits per heavy atom. The van der Waals surface area contributed by atoms with Crippen molar-refractivity contribution < 1.29 is 14.6 Å². The minimum atomic E-state index is -0.705. The molecule has 0 aromatic carbocycles. The molecule has 0 bridgehead atoms. The summed E-state index contributed by atoms with van der Waals surface area (Å²) in [6.45, 7) is 5.01. The molecule has 0 saturated carbocycles. The molecular formula is C9H17NO3. The van der Waals surface area contributed by atoms with Gasteiger partial charge in [0.25, 0.3) is 0 Å². The number of hydrogen-bond acceptors (Lipinski definition) is 3. The van der Waals surface area contributed by atoms with E-state index in [0.717, 1.165) is 12.8 Å². The molecular weight excluding hydrogens is 170 g/mol. The van der Waals surface area contributed by atoms with Crippen LogP contribution < -0.4 is 0 Å². The quantitative estimate of drug-likeness (QED) is 0.670. The van der Waals surface area contributed by atoms with E-state index in [1.54, 1.807) is 6.92 Å². The third-order valence-electron chi connectivity index (χ3n) is 2.04. The highest BCUT2D eigenvalue weighted by molar-refractivity contribution is 5.69. The van der Waals surface area contributed by atoms with Crippen LogP contribution in [0.5, 0.6) is 0 Å². The zero-order chi connectivity index (χ0) is 9.90. The van der Waals surface area contributed by atoms with E-state index in [0.29, 0.717) is 19.7 Å². The fourth-order valence-electron chi connectivity index (χ4n) is 1.30. The van der Waals surface area contributed by atoms with Crippen LogP contribution in [0.3, 0.4) is 0 Å². The second-order valence-corrected chi connectivity index (χ2v) is 3.82. The molecule has 0 atom stereocenters. The van der Waals surface area contributed by atoms with Gasteiger partial charge in [0.1, 0.15) is 0 Å². The minimum Gasteiger partial charge on any atom is -0.449 e. The highest BCUT2D eigenvalue weighted by Crippen LogP contribution is 2.20. The van der Waals surface area contributed by atoms with Gasteiger partial charge >= 0.3 is 6.09 Å². The Labute approximate surface area is 78.5 Å². The van der Waals surface area contributed by atoms with Crippen LogP contribution in [0, 0.1) is 0 Å². The molecule has 1 rings (SSSR count). The Hall–Kier alpha value is -0.770. The number of likely N-dealkylation sites (tertiary alicyclic amines) is 1. The lowest BCUT2D eigenvalue weighted by atomic mass is 9.98. The lowest BCUT2D eigenvalue weighted by Crippen LogP contribution is -2.61. The lowest BCUT2D eigenvalue weighted by molar-refractivity contribution is -0.0751. The van der Waals surface area contributed by atoms with Gasteiger partial charge in [0, 0.05) is 0 Å². The second-order valence-electron chi connectivity index (χ2n) is 3.82. The van der Waals surface area contributed by atoms with Gasteiger partial charge in [0.15, 0.2) is 0 Å². The summed E-state index contributed by atoms with van der Waals surface area (Å²) in [6.07, 6.45) is 1.61. The SMILES string of the molecule is CCCCOC(=O)N1CC(C)(O)C1. The van der Waals surface area contributed by atoms with Gasteiger partial charge in [-0.05, 0) is 13.3 Å². The van der Waals surface area contributed by atoms with E-state index in [1.165, 1.54) is 4.90 Å². The lowest BCUT2D eigenvalue weighted by Gasteiger charge is -2.43. The molecule has 1 saturated heterocycles. The third kappa shape index (κ3) is 2.88. The predicted molar refractivity (Wildman–Crippen MR) is 48.5 cm³/mol. The van der Waals surface area contributed by atoms with E-state index < -0.39 is 5.60 Å². The smallest absolute Gasteiger partial charge is 0.409 e. The summed E-state index contributed by atoms with van der Waals surface area (Å²) in [7, 11) is 0. The molecule has 0 aromatic rings. The van der Waals surface area contributed by atoms with Crippen LogP contribution in [0.1, 0.15) is 26.7 Å². The maximum absolute atomic E-state index is 11.2. The molecule has 1 aliphatic rings. The maximum atomic E-state index is 11.2. The van der Waals surface area contributed by atoms with Crippen molar-refractivity contribution in [2.45, 2.75) is 32.3 Å².